The van der Waals surface area contributed by atoms with E-state index in [0.717, 1.165) is 5.56 Å². The van der Waals surface area contributed by atoms with Gasteiger partial charge in [-0.2, -0.15) is 5.10 Å². The average molecular weight is 486 g/mol. The molecule has 10 heteroatoms. The lowest BCUT2D eigenvalue weighted by Gasteiger charge is -2.10. The number of halogens is 2. The molecular weight excluding hydrogens is 465 g/mol. The predicted octanol–water partition coefficient (Wildman–Crippen LogP) is 4.95. The Morgan fingerprint density at radius 1 is 1.24 bits per heavy atom. The van der Waals surface area contributed by atoms with Crippen molar-refractivity contribution in [1.82, 2.24) is 19.7 Å². The minimum atomic E-state index is -0.288. The molecule has 0 bridgehead atoms. The standard InChI is InChI=1S/C23H21Cl2N5O3/c1-12(2)20-19-22(30(29-20)21-16(24)8-14(11-26-32)9-17(21)25)27-18(28-23(19)31)10-13-5-4-6-15(7-13)33-3/h4-9,11-12,32H,10H2,1-3H3,(H,27,28,31)/b26-11-. The second-order valence-corrected chi connectivity index (χ2v) is 8.58. The molecule has 0 aliphatic heterocycles. The highest BCUT2D eigenvalue weighted by molar-refractivity contribution is 6.38. The lowest BCUT2D eigenvalue weighted by atomic mass is 10.1. The largest absolute Gasteiger partial charge is 0.497 e. The molecule has 4 rings (SSSR count). The number of aromatic nitrogens is 4. The number of methoxy groups -OCH3 is 1. The highest BCUT2D eigenvalue weighted by atomic mass is 35.5. The summed E-state index contributed by atoms with van der Waals surface area (Å²) in [5, 5.41) is 17.4. The van der Waals surface area contributed by atoms with Crippen LogP contribution in [0.5, 0.6) is 5.75 Å². The summed E-state index contributed by atoms with van der Waals surface area (Å²) in [6.45, 7) is 3.89. The molecule has 2 aromatic carbocycles. The van der Waals surface area contributed by atoms with E-state index in [-0.39, 0.29) is 21.5 Å². The SMILES string of the molecule is COc1cccc(Cc2nc3c(c(C(C)C)nn3-c3c(Cl)cc(/C=N\O)cc3Cl)c(=O)[nH]2)c1. The van der Waals surface area contributed by atoms with Crippen molar-refractivity contribution >= 4 is 40.4 Å². The number of nitrogens with one attached hydrogen (secondary N) is 1. The third-order valence-corrected chi connectivity index (χ3v) is 5.70. The summed E-state index contributed by atoms with van der Waals surface area (Å²) in [6, 6.07) is 10.7. The molecule has 0 saturated heterocycles. The first-order chi connectivity index (χ1) is 15.8. The van der Waals surface area contributed by atoms with Gasteiger partial charge >= 0.3 is 0 Å². The van der Waals surface area contributed by atoms with Gasteiger partial charge in [-0.25, -0.2) is 9.67 Å². The Hall–Kier alpha value is -3.36. The number of ether oxygens (including phenoxy) is 1. The number of aromatic amines is 1. The molecule has 0 spiro atoms. The van der Waals surface area contributed by atoms with Gasteiger partial charge in [0.1, 0.15) is 22.6 Å². The molecule has 170 valence electrons. The van der Waals surface area contributed by atoms with Crippen LogP contribution < -0.4 is 10.3 Å². The third-order valence-electron chi connectivity index (χ3n) is 5.12. The fraction of sp³-hybridized carbons (Fsp3) is 0.217. The summed E-state index contributed by atoms with van der Waals surface area (Å²) in [5.74, 6) is 1.14. The molecule has 2 heterocycles. The number of fused-ring (bicyclic) bond motifs is 1. The van der Waals surface area contributed by atoms with E-state index >= 15 is 0 Å². The van der Waals surface area contributed by atoms with E-state index in [1.807, 2.05) is 38.1 Å². The number of nitrogens with zero attached hydrogens (tertiary/aromatic N) is 4. The number of oxime groups is 1. The Morgan fingerprint density at radius 3 is 2.61 bits per heavy atom. The summed E-state index contributed by atoms with van der Waals surface area (Å²) in [7, 11) is 1.60. The van der Waals surface area contributed by atoms with Gasteiger partial charge in [0.15, 0.2) is 5.65 Å². The smallest absolute Gasteiger partial charge is 0.262 e. The van der Waals surface area contributed by atoms with Gasteiger partial charge in [0.25, 0.3) is 5.56 Å². The lowest BCUT2D eigenvalue weighted by molar-refractivity contribution is 0.322. The summed E-state index contributed by atoms with van der Waals surface area (Å²) in [6.07, 6.45) is 1.61. The fourth-order valence-corrected chi connectivity index (χ4v) is 4.31. The van der Waals surface area contributed by atoms with E-state index in [4.69, 9.17) is 38.1 Å². The van der Waals surface area contributed by atoms with E-state index in [1.165, 1.54) is 10.9 Å². The van der Waals surface area contributed by atoms with Crippen molar-refractivity contribution < 1.29 is 9.94 Å². The van der Waals surface area contributed by atoms with E-state index in [0.29, 0.717) is 46.0 Å². The Morgan fingerprint density at radius 2 is 1.97 bits per heavy atom. The molecular formula is C23H21Cl2N5O3. The van der Waals surface area contributed by atoms with E-state index in [2.05, 4.69) is 15.2 Å². The molecule has 33 heavy (non-hydrogen) atoms. The van der Waals surface area contributed by atoms with Crippen LogP contribution in [0.25, 0.3) is 16.7 Å². The summed E-state index contributed by atoms with van der Waals surface area (Å²) in [4.78, 5) is 20.7. The van der Waals surface area contributed by atoms with Crippen LogP contribution >= 0.6 is 23.2 Å². The van der Waals surface area contributed by atoms with E-state index in [1.54, 1.807) is 19.2 Å². The van der Waals surface area contributed by atoms with Gasteiger partial charge < -0.3 is 14.9 Å². The number of rotatable bonds is 6. The molecule has 2 aromatic heterocycles. The first-order valence-electron chi connectivity index (χ1n) is 10.1. The highest BCUT2D eigenvalue weighted by Gasteiger charge is 2.23. The Kier molecular flexibility index (Phi) is 6.40. The van der Waals surface area contributed by atoms with E-state index in [9.17, 15) is 4.79 Å². The Balaban J connectivity index is 1.93. The minimum Gasteiger partial charge on any atom is -0.497 e. The highest BCUT2D eigenvalue weighted by Crippen LogP contribution is 2.33. The normalized spacial score (nSPS) is 11.7. The molecule has 0 radical (unpaired) electrons. The van der Waals surface area contributed by atoms with Gasteiger partial charge in [-0.1, -0.05) is 54.3 Å². The van der Waals surface area contributed by atoms with Crippen LogP contribution in [0.3, 0.4) is 0 Å². The van der Waals surface area contributed by atoms with Gasteiger partial charge in [0.05, 0.1) is 29.1 Å². The maximum Gasteiger partial charge on any atom is 0.262 e. The van der Waals surface area contributed by atoms with Gasteiger partial charge in [-0.15, -0.1) is 0 Å². The van der Waals surface area contributed by atoms with Crippen LogP contribution in [0, 0.1) is 0 Å². The molecule has 0 atom stereocenters. The number of H-pyrrole nitrogens is 1. The zero-order valence-electron chi connectivity index (χ0n) is 18.1. The van der Waals surface area contributed by atoms with Crippen molar-refractivity contribution in [2.24, 2.45) is 5.16 Å². The maximum absolute atomic E-state index is 13.1. The summed E-state index contributed by atoms with van der Waals surface area (Å²) >= 11 is 13.0. The van der Waals surface area contributed by atoms with Gasteiger partial charge in [-0.3, -0.25) is 4.79 Å². The van der Waals surface area contributed by atoms with E-state index < -0.39 is 0 Å². The van der Waals surface area contributed by atoms with Crippen LogP contribution in [0.2, 0.25) is 10.0 Å². The van der Waals surface area contributed by atoms with Crippen molar-refractivity contribution in [1.29, 1.82) is 0 Å². The van der Waals surface area contributed by atoms with Crippen LogP contribution in [0.15, 0.2) is 46.3 Å². The Bertz CT molecular complexity index is 1400. The van der Waals surface area contributed by atoms with Crippen LogP contribution in [-0.2, 0) is 6.42 Å². The Labute approximate surface area is 199 Å². The van der Waals surface area contributed by atoms with Crippen LogP contribution in [-0.4, -0.2) is 38.3 Å². The first kappa shape index (κ1) is 22.8. The minimum absolute atomic E-state index is 0.0424. The fourth-order valence-electron chi connectivity index (χ4n) is 3.64. The maximum atomic E-state index is 13.1. The molecule has 0 aliphatic carbocycles. The van der Waals surface area contributed by atoms with Crippen molar-refractivity contribution in [2.45, 2.75) is 26.2 Å². The molecule has 8 nitrogen and oxygen atoms in total. The zero-order chi connectivity index (χ0) is 23.7. The van der Waals surface area contributed by atoms with Crippen LogP contribution in [0.4, 0.5) is 0 Å². The van der Waals surface area contributed by atoms with Crippen molar-refractivity contribution in [3.63, 3.8) is 0 Å². The lowest BCUT2D eigenvalue weighted by Crippen LogP contribution is -2.14. The summed E-state index contributed by atoms with van der Waals surface area (Å²) in [5.41, 5.74) is 2.48. The quantitative estimate of drug-likeness (QED) is 0.228. The predicted molar refractivity (Wildman–Crippen MR) is 129 cm³/mol. The molecule has 0 fully saturated rings. The topological polar surface area (TPSA) is 105 Å². The average Bonchev–Trinajstić information content (AvgIpc) is 3.14. The van der Waals surface area contributed by atoms with Gasteiger partial charge in [0, 0.05) is 6.42 Å². The van der Waals surface area contributed by atoms with Crippen molar-refractivity contribution in [3.8, 4) is 11.4 Å². The monoisotopic (exact) mass is 485 g/mol. The molecule has 0 amide bonds. The van der Waals surface area contributed by atoms with Gasteiger partial charge in [0.2, 0.25) is 0 Å². The van der Waals surface area contributed by atoms with Crippen molar-refractivity contribution in [3.05, 3.63) is 79.4 Å². The first-order valence-corrected chi connectivity index (χ1v) is 10.9. The molecule has 0 aliphatic rings. The molecule has 4 aromatic rings. The molecule has 0 saturated carbocycles. The second-order valence-electron chi connectivity index (χ2n) is 7.77. The molecule has 0 unspecified atom stereocenters. The summed E-state index contributed by atoms with van der Waals surface area (Å²) < 4.78 is 6.79. The molecule has 2 N–H and O–H groups in total. The van der Waals surface area contributed by atoms with Crippen LogP contribution in [0.1, 0.15) is 42.4 Å². The van der Waals surface area contributed by atoms with Crippen molar-refractivity contribution in [2.75, 3.05) is 7.11 Å². The zero-order valence-corrected chi connectivity index (χ0v) is 19.6. The number of hydrogen-bond donors (Lipinski definition) is 2. The van der Waals surface area contributed by atoms with Gasteiger partial charge in [-0.05, 0) is 41.3 Å². The number of benzene rings is 2. The second kappa shape index (κ2) is 9.25. The third kappa shape index (κ3) is 4.44. The number of hydrogen-bond acceptors (Lipinski definition) is 6.